The minimum Gasteiger partial charge on any atom is -0.339 e. The van der Waals surface area contributed by atoms with Crippen LogP contribution in [0.25, 0.3) is 11.0 Å². The Hall–Kier alpha value is -2.17. The normalized spacial score (nSPS) is 11.3. The molecule has 0 spiro atoms. The minimum absolute atomic E-state index is 0.0324. The van der Waals surface area contributed by atoms with Crippen LogP contribution in [0.2, 0.25) is 0 Å². The number of nitrogens with zero attached hydrogens (tertiary/aromatic N) is 3. The molecule has 0 atom stereocenters. The molecule has 0 radical (unpaired) electrons. The Kier molecular flexibility index (Phi) is 6.34. The third kappa shape index (κ3) is 3.91. The van der Waals surface area contributed by atoms with Crippen molar-refractivity contribution in [2.45, 2.75) is 54.0 Å². The van der Waals surface area contributed by atoms with Gasteiger partial charge in [0.15, 0.2) is 0 Å². The average molecular weight is 343 g/mol. The van der Waals surface area contributed by atoms with Crippen molar-refractivity contribution in [3.05, 3.63) is 39.8 Å². The van der Waals surface area contributed by atoms with E-state index >= 15 is 0 Å². The Bertz CT molecular complexity index is 806. The number of carbonyl (C=O) groups excluding carboxylic acids is 1. The zero-order valence-corrected chi connectivity index (χ0v) is 16.0. The molecular weight excluding hydrogens is 314 g/mol. The molecule has 1 heterocycles. The van der Waals surface area contributed by atoms with Gasteiger partial charge < -0.3 is 9.47 Å². The van der Waals surface area contributed by atoms with Crippen LogP contribution in [0.15, 0.2) is 23.0 Å². The molecule has 0 aliphatic rings. The summed E-state index contributed by atoms with van der Waals surface area (Å²) in [4.78, 5) is 31.4. The fourth-order valence-electron chi connectivity index (χ4n) is 3.22. The van der Waals surface area contributed by atoms with Crippen molar-refractivity contribution in [1.29, 1.82) is 0 Å². The van der Waals surface area contributed by atoms with Crippen LogP contribution in [-0.4, -0.2) is 33.4 Å². The summed E-state index contributed by atoms with van der Waals surface area (Å²) in [6, 6.07) is 5.46. The zero-order chi connectivity index (χ0) is 18.6. The van der Waals surface area contributed by atoms with E-state index in [-0.39, 0.29) is 11.5 Å². The number of benzene rings is 1. The number of rotatable bonds is 7. The Balaban J connectivity index is 2.42. The van der Waals surface area contributed by atoms with Gasteiger partial charge in [0.25, 0.3) is 11.5 Å². The summed E-state index contributed by atoms with van der Waals surface area (Å²) in [6.45, 7) is 12.1. The van der Waals surface area contributed by atoms with E-state index in [9.17, 15) is 9.59 Å². The highest BCUT2D eigenvalue weighted by atomic mass is 16.2. The average Bonchev–Trinajstić information content (AvgIpc) is 2.63. The number of aryl methyl sites for hydroxylation is 2. The maximum Gasteiger partial charge on any atom is 0.272 e. The third-order valence-corrected chi connectivity index (χ3v) is 4.97. The van der Waals surface area contributed by atoms with E-state index in [4.69, 9.17) is 0 Å². The first-order chi connectivity index (χ1) is 12.0. The number of fused-ring (bicyclic) bond motifs is 1. The van der Waals surface area contributed by atoms with Crippen molar-refractivity contribution in [3.8, 4) is 0 Å². The maximum absolute atomic E-state index is 12.9. The van der Waals surface area contributed by atoms with Crippen LogP contribution in [-0.2, 0) is 6.54 Å². The summed E-state index contributed by atoms with van der Waals surface area (Å²) in [7, 11) is 0. The van der Waals surface area contributed by atoms with Crippen molar-refractivity contribution in [1.82, 2.24) is 14.5 Å². The minimum atomic E-state index is -0.0713. The molecule has 2 aromatic rings. The SMILES string of the molecule is CCC(CC)CN(CC)C(=O)c1ccc2c(c1)nc(C)c(=O)n2CC. The van der Waals surface area contributed by atoms with Gasteiger partial charge in [-0.25, -0.2) is 4.98 Å². The molecule has 0 unspecified atom stereocenters. The molecule has 0 N–H and O–H groups in total. The monoisotopic (exact) mass is 343 g/mol. The Morgan fingerprint density at radius 1 is 1.20 bits per heavy atom. The lowest BCUT2D eigenvalue weighted by atomic mass is 10.0. The van der Waals surface area contributed by atoms with E-state index in [1.165, 1.54) is 0 Å². The highest BCUT2D eigenvalue weighted by molar-refractivity contribution is 5.97. The van der Waals surface area contributed by atoms with Crippen LogP contribution < -0.4 is 5.56 Å². The van der Waals surface area contributed by atoms with Gasteiger partial charge in [0.2, 0.25) is 0 Å². The molecule has 1 aromatic carbocycles. The van der Waals surface area contributed by atoms with Gasteiger partial charge in [0.1, 0.15) is 5.69 Å². The van der Waals surface area contributed by atoms with Gasteiger partial charge in [-0.05, 0) is 44.9 Å². The molecule has 25 heavy (non-hydrogen) atoms. The van der Waals surface area contributed by atoms with Crippen LogP contribution >= 0.6 is 0 Å². The molecule has 1 aromatic heterocycles. The molecule has 2 rings (SSSR count). The largest absolute Gasteiger partial charge is 0.339 e. The quantitative estimate of drug-likeness (QED) is 0.771. The standard InChI is InChI=1S/C20H29N3O2/c1-6-15(7-2)13-22(8-3)20(25)16-10-11-18-17(12-16)21-14(5)19(24)23(18)9-4/h10-12,15H,6-9,13H2,1-5H3. The van der Waals surface area contributed by atoms with E-state index in [2.05, 4.69) is 18.8 Å². The fraction of sp³-hybridized carbons (Fsp3) is 0.550. The van der Waals surface area contributed by atoms with E-state index in [0.29, 0.717) is 35.8 Å². The van der Waals surface area contributed by atoms with Crippen LogP contribution in [0.3, 0.4) is 0 Å². The van der Waals surface area contributed by atoms with Crippen molar-refractivity contribution in [2.24, 2.45) is 5.92 Å². The lowest BCUT2D eigenvalue weighted by molar-refractivity contribution is 0.0735. The summed E-state index contributed by atoms with van der Waals surface area (Å²) in [6.07, 6.45) is 2.14. The molecule has 0 bridgehead atoms. The van der Waals surface area contributed by atoms with Crippen LogP contribution in [0.4, 0.5) is 0 Å². The Morgan fingerprint density at radius 3 is 2.44 bits per heavy atom. The van der Waals surface area contributed by atoms with Crippen molar-refractivity contribution >= 4 is 16.9 Å². The van der Waals surface area contributed by atoms with Gasteiger partial charge in [0, 0.05) is 25.2 Å². The Labute approximate surface area is 149 Å². The zero-order valence-electron chi connectivity index (χ0n) is 16.0. The lowest BCUT2D eigenvalue weighted by Gasteiger charge is -2.25. The van der Waals surface area contributed by atoms with Gasteiger partial charge in [-0.1, -0.05) is 26.7 Å². The summed E-state index contributed by atoms with van der Waals surface area (Å²) in [5.74, 6) is 0.556. The second-order valence-corrected chi connectivity index (χ2v) is 6.48. The molecule has 1 amide bonds. The highest BCUT2D eigenvalue weighted by Crippen LogP contribution is 2.17. The number of amides is 1. The molecule has 0 aliphatic heterocycles. The van der Waals surface area contributed by atoms with E-state index in [0.717, 1.165) is 24.9 Å². The maximum atomic E-state index is 12.9. The second-order valence-electron chi connectivity index (χ2n) is 6.48. The molecule has 136 valence electrons. The molecule has 0 saturated heterocycles. The van der Waals surface area contributed by atoms with Crippen molar-refractivity contribution in [3.63, 3.8) is 0 Å². The number of aromatic nitrogens is 2. The molecule has 5 nitrogen and oxygen atoms in total. The topological polar surface area (TPSA) is 55.2 Å². The lowest BCUT2D eigenvalue weighted by Crippen LogP contribution is -2.35. The van der Waals surface area contributed by atoms with Crippen molar-refractivity contribution < 1.29 is 4.79 Å². The van der Waals surface area contributed by atoms with E-state index in [1.54, 1.807) is 11.5 Å². The Morgan fingerprint density at radius 2 is 1.88 bits per heavy atom. The predicted octanol–water partition coefficient (Wildman–Crippen LogP) is 3.62. The molecule has 0 saturated carbocycles. The van der Waals surface area contributed by atoms with Gasteiger partial charge >= 0.3 is 0 Å². The molecular formula is C20H29N3O2. The van der Waals surface area contributed by atoms with Crippen LogP contribution in [0.5, 0.6) is 0 Å². The van der Waals surface area contributed by atoms with Gasteiger partial charge in [-0.2, -0.15) is 0 Å². The smallest absolute Gasteiger partial charge is 0.272 e. The van der Waals surface area contributed by atoms with E-state index < -0.39 is 0 Å². The number of hydrogen-bond donors (Lipinski definition) is 0. The summed E-state index contributed by atoms with van der Waals surface area (Å²) in [5, 5.41) is 0. The van der Waals surface area contributed by atoms with Gasteiger partial charge in [0.05, 0.1) is 11.0 Å². The first kappa shape index (κ1) is 19.2. The molecule has 0 fully saturated rings. The molecule has 5 heteroatoms. The predicted molar refractivity (Wildman–Crippen MR) is 102 cm³/mol. The fourth-order valence-corrected chi connectivity index (χ4v) is 3.22. The van der Waals surface area contributed by atoms with Gasteiger partial charge in [-0.15, -0.1) is 0 Å². The molecule has 0 aliphatic carbocycles. The second kappa shape index (κ2) is 8.28. The summed E-state index contributed by atoms with van der Waals surface area (Å²) >= 11 is 0. The summed E-state index contributed by atoms with van der Waals surface area (Å²) < 4.78 is 1.70. The van der Waals surface area contributed by atoms with Crippen molar-refractivity contribution in [2.75, 3.05) is 13.1 Å². The van der Waals surface area contributed by atoms with Crippen LogP contribution in [0, 0.1) is 12.8 Å². The first-order valence-electron chi connectivity index (χ1n) is 9.27. The van der Waals surface area contributed by atoms with Crippen LogP contribution in [0.1, 0.15) is 56.6 Å². The van der Waals surface area contributed by atoms with E-state index in [1.807, 2.05) is 36.9 Å². The number of hydrogen-bond acceptors (Lipinski definition) is 3. The highest BCUT2D eigenvalue weighted by Gasteiger charge is 2.18. The first-order valence-corrected chi connectivity index (χ1v) is 9.27. The third-order valence-electron chi connectivity index (χ3n) is 4.97. The number of carbonyl (C=O) groups is 1. The summed E-state index contributed by atoms with van der Waals surface area (Å²) in [5.41, 5.74) is 2.50. The van der Waals surface area contributed by atoms with Gasteiger partial charge in [-0.3, -0.25) is 9.59 Å².